The molecule has 0 heterocycles. The van der Waals surface area contributed by atoms with E-state index in [2.05, 4.69) is 21.3 Å². The molecule has 0 fully saturated rings. The van der Waals surface area contributed by atoms with Gasteiger partial charge >= 0.3 is 12.2 Å². The van der Waals surface area contributed by atoms with Crippen molar-refractivity contribution in [2.75, 3.05) is 36.4 Å². The smallest absolute Gasteiger partial charge is 0.408 e. The number of benzene rings is 6. The van der Waals surface area contributed by atoms with Crippen LogP contribution in [-0.4, -0.2) is 49.7 Å². The molecule has 4 atom stereocenters. The zero-order valence-electron chi connectivity index (χ0n) is 37.4. The lowest BCUT2D eigenvalue weighted by Gasteiger charge is -2.27. The van der Waals surface area contributed by atoms with Crippen molar-refractivity contribution in [2.24, 2.45) is 0 Å². The van der Waals surface area contributed by atoms with E-state index >= 15 is 0 Å². The second kappa shape index (κ2) is 25.9. The predicted molar refractivity (Wildman–Crippen MR) is 271 cm³/mol. The number of nitrogens with one attached hydrogen (secondary N) is 4. The average Bonchev–Trinajstić information content (AvgIpc) is 3.38. The Bertz CT molecular complexity index is 2470. The summed E-state index contributed by atoms with van der Waals surface area (Å²) in [5.74, 6) is -1.63. The normalized spacial score (nSPS) is 13.6. The van der Waals surface area contributed by atoms with Crippen LogP contribution >= 0.6 is 36.3 Å². The van der Waals surface area contributed by atoms with E-state index in [1.54, 1.807) is 109 Å². The topological polar surface area (TPSA) is 187 Å². The van der Waals surface area contributed by atoms with E-state index in [0.717, 1.165) is 11.1 Å². The predicted octanol–water partition coefficient (Wildman–Crippen LogP) is 10.8. The maximum absolute atomic E-state index is 14.4. The van der Waals surface area contributed by atoms with Crippen molar-refractivity contribution in [3.63, 3.8) is 0 Å². The summed E-state index contributed by atoms with van der Waals surface area (Å²) in [6.07, 6.45) is -1.12. The van der Waals surface area contributed by atoms with Crippen molar-refractivity contribution < 1.29 is 46.8 Å². The second-order valence-electron chi connectivity index (χ2n) is 14.9. The van der Waals surface area contributed by atoms with Crippen LogP contribution in [-0.2, 0) is 50.5 Å². The fourth-order valence-corrected chi connectivity index (χ4v) is 13.1. The van der Waals surface area contributed by atoms with Gasteiger partial charge in [0.05, 0.1) is 0 Å². The summed E-state index contributed by atoms with van der Waals surface area (Å²) in [4.78, 5) is 51.8. The molecule has 0 aliphatic carbocycles. The van der Waals surface area contributed by atoms with Gasteiger partial charge in [0, 0.05) is 60.6 Å². The summed E-state index contributed by atoms with van der Waals surface area (Å²) in [5, 5.41) is 12.1. The third kappa shape index (κ3) is 14.7. The zero-order valence-corrected chi connectivity index (χ0v) is 40.8. The number of hydrogen-bond acceptors (Lipinski definition) is 12. The number of hydrogen-bond donors (Lipinski definition) is 4. The molecular formula is C50H52N4O10P2S2. The monoisotopic (exact) mass is 994 g/mol. The molecule has 0 radical (unpaired) electrons. The molecule has 0 aliphatic rings. The molecule has 4 amide bonds. The molecule has 0 aliphatic heterocycles. The fourth-order valence-electron chi connectivity index (χ4n) is 6.80. The van der Waals surface area contributed by atoms with Crippen molar-refractivity contribution in [1.82, 2.24) is 10.6 Å². The van der Waals surface area contributed by atoms with Crippen molar-refractivity contribution in [3.05, 3.63) is 192 Å². The summed E-state index contributed by atoms with van der Waals surface area (Å²) >= 11 is 0. The number of anilines is 2. The van der Waals surface area contributed by atoms with Gasteiger partial charge in [-0.15, -0.1) is 0 Å². The molecule has 18 heteroatoms. The van der Waals surface area contributed by atoms with Crippen LogP contribution in [0.4, 0.5) is 21.0 Å². The first-order valence-corrected chi connectivity index (χ1v) is 27.3. The third-order valence-electron chi connectivity index (χ3n) is 10.3. The van der Waals surface area contributed by atoms with E-state index in [4.69, 9.17) is 18.5 Å². The molecule has 4 unspecified atom stereocenters. The third-order valence-corrected chi connectivity index (χ3v) is 18.1. The van der Waals surface area contributed by atoms with Gasteiger partial charge in [-0.2, -0.15) is 0 Å². The molecule has 68 heavy (non-hydrogen) atoms. The Morgan fingerprint density at radius 1 is 0.471 bits per heavy atom. The van der Waals surface area contributed by atoms with Crippen LogP contribution in [0.1, 0.15) is 46.7 Å². The Kier molecular flexibility index (Phi) is 19.5. The van der Waals surface area contributed by atoms with Crippen molar-refractivity contribution >= 4 is 82.3 Å². The minimum atomic E-state index is -3.72. The number of carbonyl (C=O) groups is 4. The summed E-state index contributed by atoms with van der Waals surface area (Å²) in [7, 11) is -1.83. The highest BCUT2D eigenvalue weighted by Crippen LogP contribution is 2.58. The van der Waals surface area contributed by atoms with Crippen molar-refractivity contribution in [2.45, 2.75) is 37.6 Å². The first-order valence-electron chi connectivity index (χ1n) is 21.4. The summed E-state index contributed by atoms with van der Waals surface area (Å²) in [5.41, 5.74) is 3.58. The van der Waals surface area contributed by atoms with E-state index in [1.807, 2.05) is 60.7 Å². The van der Waals surface area contributed by atoms with E-state index in [0.29, 0.717) is 44.6 Å². The van der Waals surface area contributed by atoms with Gasteiger partial charge in [-0.25, -0.2) is 9.59 Å². The van der Waals surface area contributed by atoms with Crippen LogP contribution in [0.3, 0.4) is 0 Å². The Hall–Kier alpha value is -6.12. The van der Waals surface area contributed by atoms with Crippen LogP contribution in [0.2, 0.25) is 0 Å². The minimum Gasteiger partial charge on any atom is -0.445 e. The van der Waals surface area contributed by atoms with E-state index in [-0.39, 0.29) is 37.9 Å². The van der Waals surface area contributed by atoms with Gasteiger partial charge in [0.2, 0.25) is 11.8 Å². The summed E-state index contributed by atoms with van der Waals surface area (Å²) in [6.45, 7) is 0.0415. The Morgan fingerprint density at radius 2 is 0.794 bits per heavy atom. The van der Waals surface area contributed by atoms with Crippen LogP contribution < -0.4 is 31.9 Å². The molecule has 6 aromatic carbocycles. The number of alkyl carbamates (subject to hydrolysis) is 2. The van der Waals surface area contributed by atoms with Crippen molar-refractivity contribution in [3.8, 4) is 0 Å². The van der Waals surface area contributed by atoms with E-state index < -0.39 is 38.5 Å². The quantitative estimate of drug-likeness (QED) is 0.0271. The SMILES string of the molecule is COP(=O)(c1ccccc1)C(NC(=O)OCc1ccccc1)c1ccc(NC(=O)CCSSCCC(=O)Nc2ccc(C(NC(=O)OCc3ccccc3)P(=O)(OC)c3ccccc3)cc2)cc1. The molecule has 6 rings (SSSR count). The van der Waals surface area contributed by atoms with Gasteiger partial charge in [-0.1, -0.05) is 143 Å². The standard InChI is InChI=1S/C50H52N4O10P2S2/c1-61-65(59,43-19-11-5-12-20-43)47(53-49(57)63-35-37-15-7-3-8-16-37)39-23-27-41(28-24-39)51-45(55)31-33-67-68-34-32-46(56)52-42-29-25-40(26-30-42)48(66(60,62-2)44-21-13-6-14-22-44)54-50(58)64-36-38-17-9-4-10-18-38/h3-30,47-48H,31-36H2,1-2H3,(H,51,55)(H,52,56)(H,53,57)(H,54,58). The van der Waals surface area contributed by atoms with Gasteiger partial charge in [0.1, 0.15) is 24.8 Å². The lowest BCUT2D eigenvalue weighted by molar-refractivity contribution is -0.116. The summed E-state index contributed by atoms with van der Waals surface area (Å²) < 4.78 is 51.0. The van der Waals surface area contributed by atoms with E-state index in [9.17, 15) is 28.3 Å². The fraction of sp³-hybridized carbons (Fsp3) is 0.200. The highest BCUT2D eigenvalue weighted by Gasteiger charge is 2.39. The van der Waals surface area contributed by atoms with Gasteiger partial charge < -0.3 is 39.8 Å². The minimum absolute atomic E-state index is 0.0208. The van der Waals surface area contributed by atoms with Crippen LogP contribution in [0.15, 0.2) is 170 Å². The maximum atomic E-state index is 14.4. The lowest BCUT2D eigenvalue weighted by Crippen LogP contribution is -2.32. The van der Waals surface area contributed by atoms with Crippen LogP contribution in [0, 0.1) is 0 Å². The first kappa shape index (κ1) is 51.3. The molecule has 6 aromatic rings. The number of ether oxygens (including phenoxy) is 2. The van der Waals surface area contributed by atoms with Crippen LogP contribution in [0.25, 0.3) is 0 Å². The number of carbonyl (C=O) groups excluding carboxylic acids is 4. The molecule has 0 spiro atoms. The molecular weight excluding hydrogens is 943 g/mol. The van der Waals surface area contributed by atoms with E-state index in [1.165, 1.54) is 35.8 Å². The maximum Gasteiger partial charge on any atom is 0.408 e. The average molecular weight is 995 g/mol. The zero-order chi connectivity index (χ0) is 48.2. The molecule has 14 nitrogen and oxygen atoms in total. The summed E-state index contributed by atoms with van der Waals surface area (Å²) in [6, 6.07) is 49.0. The largest absolute Gasteiger partial charge is 0.445 e. The molecule has 4 N–H and O–H groups in total. The highest BCUT2D eigenvalue weighted by atomic mass is 33.1. The Labute approximate surface area is 404 Å². The number of amides is 4. The van der Waals surface area contributed by atoms with Crippen molar-refractivity contribution in [1.29, 1.82) is 0 Å². The Morgan fingerprint density at radius 3 is 1.12 bits per heavy atom. The lowest BCUT2D eigenvalue weighted by atomic mass is 10.2. The first-order chi connectivity index (χ1) is 33.0. The van der Waals surface area contributed by atoms with Gasteiger partial charge in [-0.05, 0) is 70.8 Å². The van der Waals surface area contributed by atoms with Crippen LogP contribution in [0.5, 0.6) is 0 Å². The second-order valence-corrected chi connectivity index (χ2v) is 22.8. The van der Waals surface area contributed by atoms with Gasteiger partial charge in [-0.3, -0.25) is 18.7 Å². The highest BCUT2D eigenvalue weighted by molar-refractivity contribution is 8.76. The molecule has 0 saturated heterocycles. The molecule has 0 bridgehead atoms. The Balaban J connectivity index is 0.960. The molecule has 354 valence electrons. The molecule has 0 aromatic heterocycles. The number of rotatable bonds is 23. The van der Waals surface area contributed by atoms with Gasteiger partial charge in [0.25, 0.3) is 14.7 Å². The molecule has 0 saturated carbocycles. The van der Waals surface area contributed by atoms with Gasteiger partial charge in [0.15, 0.2) is 0 Å².